The van der Waals surface area contributed by atoms with E-state index >= 15 is 0 Å². The number of amides is 1. The van der Waals surface area contributed by atoms with Gasteiger partial charge in [-0.05, 0) is 33.9 Å². The molecular weight excluding hydrogens is 252 g/mol. The molecule has 5 nitrogen and oxygen atoms in total. The van der Waals surface area contributed by atoms with Gasteiger partial charge in [-0.15, -0.1) is 0 Å². The fourth-order valence-corrected chi connectivity index (χ4v) is 1.41. The third-order valence-electron chi connectivity index (χ3n) is 2.71. The molecule has 1 N–H and O–H groups in total. The molecule has 0 aliphatic rings. The molecule has 0 aromatic carbocycles. The van der Waals surface area contributed by atoms with Gasteiger partial charge in [0.1, 0.15) is 10.8 Å². The van der Waals surface area contributed by atoms with Crippen LogP contribution in [-0.2, 0) is 0 Å². The van der Waals surface area contributed by atoms with Crippen LogP contribution in [0.25, 0.3) is 0 Å². The largest absolute Gasteiger partial charge is 0.351 e. The summed E-state index contributed by atoms with van der Waals surface area (Å²) in [6.45, 7) is 5.86. The molecule has 100 valence electrons. The minimum absolute atomic E-state index is 0.216. The Hall–Kier alpha value is -1.20. The molecule has 6 heteroatoms. The third-order valence-corrected chi connectivity index (χ3v) is 2.90. The molecular formula is C12H19ClN4O. The molecule has 0 aliphatic heterocycles. The van der Waals surface area contributed by atoms with Crippen molar-refractivity contribution in [2.45, 2.75) is 26.3 Å². The number of rotatable bonds is 6. The lowest BCUT2D eigenvalue weighted by Crippen LogP contribution is -2.31. The van der Waals surface area contributed by atoms with Crippen LogP contribution in [0.3, 0.4) is 0 Å². The van der Waals surface area contributed by atoms with E-state index in [9.17, 15) is 4.79 Å². The number of hydrogen-bond donors (Lipinski definition) is 1. The first-order valence-corrected chi connectivity index (χ1v) is 6.34. The number of nitrogens with one attached hydrogen (secondary N) is 1. The van der Waals surface area contributed by atoms with Crippen molar-refractivity contribution in [3.05, 3.63) is 23.2 Å². The zero-order chi connectivity index (χ0) is 13.5. The van der Waals surface area contributed by atoms with Crippen LogP contribution < -0.4 is 5.32 Å². The Morgan fingerprint density at radius 1 is 1.44 bits per heavy atom. The van der Waals surface area contributed by atoms with Crippen LogP contribution in [-0.4, -0.2) is 47.0 Å². The summed E-state index contributed by atoms with van der Waals surface area (Å²) in [6, 6.07) is 0.517. The molecule has 0 spiro atoms. The van der Waals surface area contributed by atoms with Crippen LogP contribution in [0.5, 0.6) is 0 Å². The van der Waals surface area contributed by atoms with E-state index in [1.54, 1.807) is 0 Å². The minimum Gasteiger partial charge on any atom is -0.351 e. The molecule has 1 aromatic rings. The summed E-state index contributed by atoms with van der Waals surface area (Å²) in [5.41, 5.74) is 0.289. The molecule has 1 aromatic heterocycles. The lowest BCUT2D eigenvalue weighted by Gasteiger charge is -2.20. The van der Waals surface area contributed by atoms with Gasteiger partial charge in [-0.2, -0.15) is 0 Å². The maximum absolute atomic E-state index is 11.7. The molecule has 0 atom stereocenters. The van der Waals surface area contributed by atoms with Crippen LogP contribution in [0.1, 0.15) is 30.8 Å². The Kier molecular flexibility index (Phi) is 6.01. The molecule has 1 rings (SSSR count). The maximum atomic E-state index is 11.7. The Labute approximate surface area is 113 Å². The monoisotopic (exact) mass is 270 g/mol. The highest BCUT2D eigenvalue weighted by Crippen LogP contribution is 2.01. The molecule has 0 unspecified atom stereocenters. The predicted octanol–water partition coefficient (Wildman–Crippen LogP) is 1.59. The number of carbonyl (C=O) groups is 1. The molecule has 1 heterocycles. The Morgan fingerprint density at radius 2 is 2.17 bits per heavy atom. The molecule has 1 amide bonds. The number of hydrogen-bond acceptors (Lipinski definition) is 4. The second-order valence-electron chi connectivity index (χ2n) is 4.41. The fourth-order valence-electron chi connectivity index (χ4n) is 1.31. The van der Waals surface area contributed by atoms with E-state index < -0.39 is 0 Å². The number of nitrogens with zero attached hydrogens (tertiary/aromatic N) is 3. The van der Waals surface area contributed by atoms with E-state index in [0.717, 1.165) is 13.0 Å². The third kappa shape index (κ3) is 4.98. The van der Waals surface area contributed by atoms with E-state index in [1.165, 1.54) is 12.4 Å². The molecule has 0 saturated heterocycles. The standard InChI is InChI=1S/C12H19ClN4O/c1-9(2)17(3)6-4-5-14-12(18)10-7-16-11(13)8-15-10/h7-9H,4-6H2,1-3H3,(H,14,18). The van der Waals surface area contributed by atoms with Crippen molar-refractivity contribution in [3.8, 4) is 0 Å². The van der Waals surface area contributed by atoms with Crippen molar-refractivity contribution >= 4 is 17.5 Å². The zero-order valence-corrected chi connectivity index (χ0v) is 11.7. The normalized spacial score (nSPS) is 11.0. The van der Waals surface area contributed by atoms with E-state index in [2.05, 4.69) is 41.1 Å². The average Bonchev–Trinajstić information content (AvgIpc) is 2.34. The van der Waals surface area contributed by atoms with Gasteiger partial charge in [-0.3, -0.25) is 4.79 Å². The number of carbonyl (C=O) groups excluding carboxylic acids is 1. The van der Waals surface area contributed by atoms with Crippen LogP contribution in [0.2, 0.25) is 5.15 Å². The number of aromatic nitrogens is 2. The van der Waals surface area contributed by atoms with Gasteiger partial charge in [-0.1, -0.05) is 11.6 Å². The molecule has 0 bridgehead atoms. The summed E-state index contributed by atoms with van der Waals surface area (Å²) in [5, 5.41) is 3.08. The highest BCUT2D eigenvalue weighted by atomic mass is 35.5. The topological polar surface area (TPSA) is 58.1 Å². The van der Waals surface area contributed by atoms with Crippen molar-refractivity contribution in [3.63, 3.8) is 0 Å². The summed E-state index contributed by atoms with van der Waals surface area (Å²) in [6.07, 6.45) is 3.64. The highest BCUT2D eigenvalue weighted by molar-refractivity contribution is 6.29. The SMILES string of the molecule is CC(C)N(C)CCCNC(=O)c1cnc(Cl)cn1. The zero-order valence-electron chi connectivity index (χ0n) is 11.0. The predicted molar refractivity (Wildman–Crippen MR) is 71.8 cm³/mol. The van der Waals surface area contributed by atoms with E-state index in [4.69, 9.17) is 11.6 Å². The van der Waals surface area contributed by atoms with Crippen molar-refractivity contribution in [2.75, 3.05) is 20.1 Å². The summed E-state index contributed by atoms with van der Waals surface area (Å²) in [4.78, 5) is 21.6. The first-order valence-electron chi connectivity index (χ1n) is 5.96. The summed E-state index contributed by atoms with van der Waals surface area (Å²) >= 11 is 5.60. The van der Waals surface area contributed by atoms with E-state index in [0.29, 0.717) is 12.6 Å². The Bertz CT molecular complexity index is 380. The summed E-state index contributed by atoms with van der Waals surface area (Å²) in [5.74, 6) is -0.216. The van der Waals surface area contributed by atoms with Crippen molar-refractivity contribution in [1.29, 1.82) is 0 Å². The van der Waals surface area contributed by atoms with Gasteiger partial charge < -0.3 is 10.2 Å². The Morgan fingerprint density at radius 3 is 2.72 bits per heavy atom. The molecule has 0 saturated carbocycles. The lowest BCUT2D eigenvalue weighted by molar-refractivity contribution is 0.0946. The van der Waals surface area contributed by atoms with Crippen molar-refractivity contribution in [2.24, 2.45) is 0 Å². The number of halogens is 1. The van der Waals surface area contributed by atoms with Crippen LogP contribution >= 0.6 is 11.6 Å². The molecule has 0 fully saturated rings. The van der Waals surface area contributed by atoms with Crippen LogP contribution in [0.4, 0.5) is 0 Å². The second-order valence-corrected chi connectivity index (χ2v) is 4.80. The Balaban J connectivity index is 2.27. The first kappa shape index (κ1) is 14.9. The molecule has 18 heavy (non-hydrogen) atoms. The smallest absolute Gasteiger partial charge is 0.271 e. The summed E-state index contributed by atoms with van der Waals surface area (Å²) in [7, 11) is 2.07. The molecule has 0 aliphatic carbocycles. The minimum atomic E-state index is -0.216. The maximum Gasteiger partial charge on any atom is 0.271 e. The van der Waals surface area contributed by atoms with Crippen LogP contribution in [0, 0.1) is 0 Å². The first-order chi connectivity index (χ1) is 8.50. The van der Waals surface area contributed by atoms with Gasteiger partial charge in [0.2, 0.25) is 0 Å². The second kappa shape index (κ2) is 7.28. The highest BCUT2D eigenvalue weighted by Gasteiger charge is 2.07. The van der Waals surface area contributed by atoms with Gasteiger partial charge >= 0.3 is 0 Å². The van der Waals surface area contributed by atoms with Crippen molar-refractivity contribution in [1.82, 2.24) is 20.2 Å². The summed E-state index contributed by atoms with van der Waals surface area (Å²) < 4.78 is 0. The van der Waals surface area contributed by atoms with Gasteiger partial charge in [0.05, 0.1) is 12.4 Å². The van der Waals surface area contributed by atoms with Gasteiger partial charge in [0, 0.05) is 12.6 Å². The van der Waals surface area contributed by atoms with Crippen molar-refractivity contribution < 1.29 is 4.79 Å². The quantitative estimate of drug-likeness (QED) is 0.798. The fraction of sp³-hybridized carbons (Fsp3) is 0.583. The van der Waals surface area contributed by atoms with E-state index in [1.807, 2.05) is 0 Å². The van der Waals surface area contributed by atoms with Gasteiger partial charge in [0.15, 0.2) is 0 Å². The molecule has 0 radical (unpaired) electrons. The average molecular weight is 271 g/mol. The van der Waals surface area contributed by atoms with Gasteiger partial charge in [-0.25, -0.2) is 9.97 Å². The lowest BCUT2D eigenvalue weighted by atomic mass is 10.3. The van der Waals surface area contributed by atoms with Gasteiger partial charge in [0.25, 0.3) is 5.91 Å². The van der Waals surface area contributed by atoms with Crippen LogP contribution in [0.15, 0.2) is 12.4 Å². The van der Waals surface area contributed by atoms with E-state index in [-0.39, 0.29) is 16.8 Å².